The number of carbonyl (C=O) groups is 1. The van der Waals surface area contributed by atoms with Gasteiger partial charge in [-0.1, -0.05) is 13.8 Å². The number of aliphatic hydroxyl groups is 1. The lowest BCUT2D eigenvalue weighted by molar-refractivity contribution is -0.265. The number of fused-ring (bicyclic) bond motifs is 2. The van der Waals surface area contributed by atoms with E-state index in [1.54, 1.807) is 6.07 Å². The number of alkyl halides is 3. The Kier molecular flexibility index (Phi) is 7.12. The Morgan fingerprint density at radius 1 is 1.19 bits per heavy atom. The molecule has 2 aliphatic rings. The Bertz CT molecular complexity index is 1720. The van der Waals surface area contributed by atoms with Gasteiger partial charge in [0.05, 0.1) is 35.7 Å². The second kappa shape index (κ2) is 10.4. The number of hydrogen-bond donors (Lipinski definition) is 2. The Hall–Kier alpha value is -3.77. The number of aromatic nitrogens is 2. The molecule has 0 radical (unpaired) electrons. The van der Waals surface area contributed by atoms with Gasteiger partial charge in [0.1, 0.15) is 28.5 Å². The van der Waals surface area contributed by atoms with E-state index in [9.17, 15) is 27.5 Å². The van der Waals surface area contributed by atoms with Gasteiger partial charge in [-0.2, -0.15) is 13.2 Å². The van der Waals surface area contributed by atoms with Crippen LogP contribution in [0, 0.1) is 5.82 Å². The standard InChI is InChI=1S/C31H29F4N3O4S/c1-4-29(2)15-42-26-20(29)13-23(37-24(26)16-7-9-19(32)10-8-16)30(40,31(33,34)35)14-36-27(39)18-11-21(41-3)25-22(12-18)43-28(38-25)17-5-6-17/h7-13,17,40H,4-6,14-15H2,1-3H3,(H,36,39)/t29-,30+/m1/s1. The van der Waals surface area contributed by atoms with Crippen molar-refractivity contribution in [2.45, 2.75) is 56.2 Å². The number of nitrogens with zero attached hydrogens (tertiary/aromatic N) is 2. The molecule has 226 valence electrons. The highest BCUT2D eigenvalue weighted by Gasteiger charge is 2.57. The minimum Gasteiger partial charge on any atom is -0.494 e. The summed E-state index contributed by atoms with van der Waals surface area (Å²) in [5.41, 5.74) is -3.43. The van der Waals surface area contributed by atoms with Crippen LogP contribution in [0.1, 0.15) is 65.7 Å². The van der Waals surface area contributed by atoms with Crippen molar-refractivity contribution in [2.24, 2.45) is 0 Å². The third kappa shape index (κ3) is 5.10. The largest absolute Gasteiger partial charge is 0.494 e. The lowest BCUT2D eigenvalue weighted by atomic mass is 9.80. The average molecular weight is 616 g/mol. The summed E-state index contributed by atoms with van der Waals surface area (Å²) >= 11 is 1.42. The molecule has 2 aromatic heterocycles. The van der Waals surface area contributed by atoms with E-state index >= 15 is 0 Å². The molecule has 1 amide bonds. The van der Waals surface area contributed by atoms with Gasteiger partial charge < -0.3 is 19.9 Å². The molecule has 6 rings (SSSR count). The van der Waals surface area contributed by atoms with E-state index < -0.39 is 41.2 Å². The number of thiazole rings is 1. The summed E-state index contributed by atoms with van der Waals surface area (Å²) in [6.45, 7) is 2.73. The van der Waals surface area contributed by atoms with Crippen molar-refractivity contribution >= 4 is 27.5 Å². The van der Waals surface area contributed by atoms with Crippen LogP contribution >= 0.6 is 11.3 Å². The minimum absolute atomic E-state index is 0.0468. The van der Waals surface area contributed by atoms with Crippen LogP contribution in [0.25, 0.3) is 21.5 Å². The molecule has 7 nitrogen and oxygen atoms in total. The van der Waals surface area contributed by atoms with Crippen LogP contribution in [0.15, 0.2) is 42.5 Å². The number of methoxy groups -OCH3 is 1. The van der Waals surface area contributed by atoms with Gasteiger partial charge in [0.15, 0.2) is 0 Å². The normalized spacial score (nSPS) is 19.5. The zero-order valence-electron chi connectivity index (χ0n) is 23.6. The fraction of sp³-hybridized carbons (Fsp3) is 0.387. The predicted molar refractivity (Wildman–Crippen MR) is 153 cm³/mol. The Balaban J connectivity index is 1.38. The van der Waals surface area contributed by atoms with E-state index in [4.69, 9.17) is 9.47 Å². The molecule has 4 aromatic rings. The van der Waals surface area contributed by atoms with Gasteiger partial charge in [-0.3, -0.25) is 4.79 Å². The quantitative estimate of drug-likeness (QED) is 0.217. The zero-order valence-corrected chi connectivity index (χ0v) is 24.5. The molecule has 2 atom stereocenters. The monoisotopic (exact) mass is 615 g/mol. The van der Waals surface area contributed by atoms with Gasteiger partial charge in [0.25, 0.3) is 5.91 Å². The fourth-order valence-corrected chi connectivity index (χ4v) is 6.39. The van der Waals surface area contributed by atoms with Crippen LogP contribution in [-0.2, 0) is 11.0 Å². The van der Waals surface area contributed by atoms with Crippen LogP contribution in [0.2, 0.25) is 0 Å². The topological polar surface area (TPSA) is 93.6 Å². The number of benzene rings is 2. The summed E-state index contributed by atoms with van der Waals surface area (Å²) in [5, 5.41) is 14.5. The Labute approximate surface area is 248 Å². The third-order valence-electron chi connectivity index (χ3n) is 8.34. The van der Waals surface area contributed by atoms with E-state index in [1.807, 2.05) is 13.8 Å². The summed E-state index contributed by atoms with van der Waals surface area (Å²) in [6.07, 6.45) is -2.61. The van der Waals surface area contributed by atoms with Gasteiger partial charge in [-0.05, 0) is 61.7 Å². The average Bonchev–Trinajstić information content (AvgIpc) is 3.66. The second-order valence-electron chi connectivity index (χ2n) is 11.3. The minimum atomic E-state index is -5.22. The van der Waals surface area contributed by atoms with Crippen LogP contribution in [0.3, 0.4) is 0 Å². The molecule has 3 heterocycles. The Morgan fingerprint density at radius 2 is 1.91 bits per heavy atom. The van der Waals surface area contributed by atoms with Gasteiger partial charge in [0, 0.05) is 28.0 Å². The Morgan fingerprint density at radius 3 is 2.53 bits per heavy atom. The lowest BCUT2D eigenvalue weighted by Gasteiger charge is -2.31. The maximum Gasteiger partial charge on any atom is 0.424 e. The SMILES string of the molecule is CC[C@]1(C)COc2c1cc([C@@](O)(CNC(=O)c1cc(OC)c3nc(C4CC4)sc3c1)C(F)(F)F)nc2-c1ccc(F)cc1. The first-order valence-corrected chi connectivity index (χ1v) is 14.7. The number of carbonyl (C=O) groups excluding carboxylic acids is 1. The summed E-state index contributed by atoms with van der Waals surface area (Å²) in [5.74, 6) is -0.363. The van der Waals surface area contributed by atoms with E-state index in [2.05, 4.69) is 15.3 Å². The lowest BCUT2D eigenvalue weighted by Crippen LogP contribution is -2.51. The number of rotatable bonds is 8. The van der Waals surface area contributed by atoms with E-state index in [-0.39, 0.29) is 23.6 Å². The van der Waals surface area contributed by atoms with Crippen LogP contribution < -0.4 is 14.8 Å². The van der Waals surface area contributed by atoms with Crippen LogP contribution in [0.5, 0.6) is 11.5 Å². The summed E-state index contributed by atoms with van der Waals surface area (Å²) < 4.78 is 69.8. The fourth-order valence-electron chi connectivity index (χ4n) is 5.20. The first-order valence-electron chi connectivity index (χ1n) is 13.9. The molecule has 2 aromatic carbocycles. The molecule has 1 fully saturated rings. The molecule has 2 N–H and O–H groups in total. The van der Waals surface area contributed by atoms with Crippen molar-refractivity contribution in [3.8, 4) is 22.8 Å². The first-order chi connectivity index (χ1) is 20.4. The molecule has 43 heavy (non-hydrogen) atoms. The molecule has 1 saturated carbocycles. The molecular formula is C31H29F4N3O4S. The second-order valence-corrected chi connectivity index (χ2v) is 12.4. The zero-order chi connectivity index (χ0) is 30.7. The van der Waals surface area contributed by atoms with Crippen molar-refractivity contribution in [2.75, 3.05) is 20.3 Å². The van der Waals surface area contributed by atoms with Gasteiger partial charge in [-0.15, -0.1) is 11.3 Å². The number of nitrogens with one attached hydrogen (secondary N) is 1. The molecule has 0 spiro atoms. The molecule has 12 heteroatoms. The van der Waals surface area contributed by atoms with Crippen molar-refractivity contribution in [1.29, 1.82) is 0 Å². The highest BCUT2D eigenvalue weighted by molar-refractivity contribution is 7.18. The van der Waals surface area contributed by atoms with E-state index in [1.165, 1.54) is 54.8 Å². The van der Waals surface area contributed by atoms with E-state index in [0.29, 0.717) is 39.4 Å². The molecule has 0 unspecified atom stereocenters. The predicted octanol–water partition coefficient (Wildman–Crippen LogP) is 6.62. The van der Waals surface area contributed by atoms with E-state index in [0.717, 1.165) is 17.8 Å². The smallest absolute Gasteiger partial charge is 0.424 e. The highest BCUT2D eigenvalue weighted by atomic mass is 32.1. The van der Waals surface area contributed by atoms with Gasteiger partial charge >= 0.3 is 6.18 Å². The van der Waals surface area contributed by atoms with Crippen LogP contribution in [0.4, 0.5) is 17.6 Å². The van der Waals surface area contributed by atoms with Crippen LogP contribution in [-0.4, -0.2) is 47.4 Å². The third-order valence-corrected chi connectivity index (χ3v) is 9.50. The summed E-state index contributed by atoms with van der Waals surface area (Å²) in [4.78, 5) is 22.1. The summed E-state index contributed by atoms with van der Waals surface area (Å²) in [6, 6.07) is 9.30. The maximum absolute atomic E-state index is 14.7. The molecule has 1 aliphatic heterocycles. The molecule has 0 bridgehead atoms. The number of hydrogen-bond acceptors (Lipinski definition) is 7. The van der Waals surface area contributed by atoms with Crippen molar-refractivity contribution in [3.63, 3.8) is 0 Å². The number of halogens is 4. The number of pyridine rings is 1. The van der Waals surface area contributed by atoms with Gasteiger partial charge in [-0.25, -0.2) is 14.4 Å². The number of ether oxygens (including phenoxy) is 2. The maximum atomic E-state index is 14.7. The number of amides is 1. The van der Waals surface area contributed by atoms with Crippen molar-refractivity contribution in [3.05, 3.63) is 70.1 Å². The van der Waals surface area contributed by atoms with Crippen molar-refractivity contribution in [1.82, 2.24) is 15.3 Å². The van der Waals surface area contributed by atoms with Crippen molar-refractivity contribution < 1.29 is 36.9 Å². The first kappa shape index (κ1) is 29.3. The molecule has 1 aliphatic carbocycles. The molecular weight excluding hydrogens is 586 g/mol. The molecule has 0 saturated heterocycles. The highest BCUT2D eigenvalue weighted by Crippen LogP contribution is 2.49. The summed E-state index contributed by atoms with van der Waals surface area (Å²) in [7, 11) is 1.43. The van der Waals surface area contributed by atoms with Gasteiger partial charge in [0.2, 0.25) is 5.60 Å².